The molecule has 1 aromatic heterocycles. The molecule has 0 bridgehead atoms. The van der Waals surface area contributed by atoms with E-state index in [4.69, 9.17) is 4.42 Å². The molecule has 0 aromatic carbocycles. The van der Waals surface area contributed by atoms with E-state index >= 15 is 0 Å². The Hall–Kier alpha value is -1.14. The molecule has 1 fully saturated rings. The monoisotopic (exact) mass is 282 g/mol. The minimum absolute atomic E-state index is 0.0140. The van der Waals surface area contributed by atoms with Crippen molar-refractivity contribution in [2.45, 2.75) is 70.7 Å². The summed E-state index contributed by atoms with van der Waals surface area (Å²) in [5, 5.41) is 21.5. The molecule has 0 amide bonds. The van der Waals surface area contributed by atoms with Crippen molar-refractivity contribution in [3.8, 4) is 0 Å². The van der Waals surface area contributed by atoms with Gasteiger partial charge in [0.2, 0.25) is 5.89 Å². The number of rotatable bonds is 4. The Morgan fingerprint density at radius 3 is 2.65 bits per heavy atom. The van der Waals surface area contributed by atoms with Crippen molar-refractivity contribution in [1.82, 2.24) is 15.5 Å². The second-order valence-corrected chi connectivity index (χ2v) is 6.61. The molecule has 0 radical (unpaired) electrons. The highest BCUT2D eigenvalue weighted by Gasteiger charge is 2.29. The quantitative estimate of drug-likeness (QED) is 0.875. The highest BCUT2D eigenvalue weighted by atomic mass is 16.4. The molecule has 2 N–H and O–H groups in total. The first-order valence-electron chi connectivity index (χ1n) is 7.35. The zero-order valence-corrected chi connectivity index (χ0v) is 12.9. The van der Waals surface area contributed by atoms with Crippen molar-refractivity contribution in [1.29, 1.82) is 0 Å². The lowest BCUT2D eigenvalue weighted by Gasteiger charge is -2.33. The molecule has 6 heteroatoms. The third-order valence-corrected chi connectivity index (χ3v) is 3.72. The van der Waals surface area contributed by atoms with Gasteiger partial charge < -0.3 is 19.7 Å². The summed E-state index contributed by atoms with van der Waals surface area (Å²) in [6, 6.07) is 0.564. The topological polar surface area (TPSA) is 74.4 Å². The highest BCUT2D eigenvalue weighted by molar-refractivity contribution is 5.25. The minimum Gasteiger partial charge on any atom is -0.407 e. The predicted molar refractivity (Wildman–Crippen MR) is 77.6 cm³/mol. The third kappa shape index (κ3) is 3.93. The third-order valence-electron chi connectivity index (χ3n) is 3.72. The van der Waals surface area contributed by atoms with Crippen molar-refractivity contribution in [2.75, 3.05) is 11.9 Å². The Labute approximate surface area is 120 Å². The average molecular weight is 282 g/mol. The summed E-state index contributed by atoms with van der Waals surface area (Å²) in [4.78, 5) is 1.91. The molecular weight excluding hydrogens is 256 g/mol. The summed E-state index contributed by atoms with van der Waals surface area (Å²) in [7, 11) is 1.91. The first kappa shape index (κ1) is 15.3. The van der Waals surface area contributed by atoms with Crippen LogP contribution in [0, 0.1) is 0 Å². The van der Waals surface area contributed by atoms with E-state index in [-0.39, 0.29) is 17.7 Å². The molecule has 0 saturated heterocycles. The lowest BCUT2D eigenvalue weighted by atomic mass is 9.92. The summed E-state index contributed by atoms with van der Waals surface area (Å²) >= 11 is 0. The number of hydrogen-bond acceptors (Lipinski definition) is 6. The average Bonchev–Trinajstić information content (AvgIpc) is 2.84. The van der Waals surface area contributed by atoms with Crippen LogP contribution in [-0.2, 0) is 6.54 Å². The largest absolute Gasteiger partial charge is 0.407 e. The molecule has 1 aromatic rings. The summed E-state index contributed by atoms with van der Waals surface area (Å²) in [5.74, 6) is 0.576. The van der Waals surface area contributed by atoms with Crippen LogP contribution in [0.5, 0.6) is 0 Å². The predicted octanol–water partition coefficient (Wildman–Crippen LogP) is 1.70. The van der Waals surface area contributed by atoms with E-state index in [0.717, 1.165) is 25.7 Å². The van der Waals surface area contributed by atoms with Crippen LogP contribution in [0.2, 0.25) is 0 Å². The van der Waals surface area contributed by atoms with Gasteiger partial charge in [0.05, 0.1) is 18.7 Å². The van der Waals surface area contributed by atoms with Gasteiger partial charge in [-0.05, 0) is 33.6 Å². The molecule has 1 saturated carbocycles. The molecule has 1 aliphatic carbocycles. The van der Waals surface area contributed by atoms with E-state index in [1.165, 1.54) is 0 Å². The Bertz CT molecular complexity index is 427. The SMILES string of the molecule is CN(c1nnc(CNC(C)(C)C)o1)C1CCCCC1O. The van der Waals surface area contributed by atoms with E-state index < -0.39 is 0 Å². The molecule has 1 heterocycles. The molecule has 2 atom stereocenters. The minimum atomic E-state index is -0.309. The smallest absolute Gasteiger partial charge is 0.318 e. The van der Waals surface area contributed by atoms with Crippen molar-refractivity contribution >= 4 is 6.01 Å². The highest BCUT2D eigenvalue weighted by Crippen LogP contribution is 2.25. The van der Waals surface area contributed by atoms with Gasteiger partial charge in [-0.15, -0.1) is 5.10 Å². The van der Waals surface area contributed by atoms with Crippen LogP contribution in [0.4, 0.5) is 6.01 Å². The number of nitrogens with zero attached hydrogens (tertiary/aromatic N) is 3. The van der Waals surface area contributed by atoms with Gasteiger partial charge in [-0.1, -0.05) is 17.9 Å². The van der Waals surface area contributed by atoms with E-state index in [1.807, 2.05) is 11.9 Å². The zero-order valence-electron chi connectivity index (χ0n) is 12.9. The van der Waals surface area contributed by atoms with Gasteiger partial charge in [-0.2, -0.15) is 0 Å². The Balaban J connectivity index is 1.97. The first-order valence-corrected chi connectivity index (χ1v) is 7.35. The molecule has 6 nitrogen and oxygen atoms in total. The lowest BCUT2D eigenvalue weighted by molar-refractivity contribution is 0.104. The summed E-state index contributed by atoms with van der Waals surface area (Å²) < 4.78 is 5.67. The van der Waals surface area contributed by atoms with Crippen molar-refractivity contribution in [3.63, 3.8) is 0 Å². The van der Waals surface area contributed by atoms with Gasteiger partial charge in [0.25, 0.3) is 0 Å². The fourth-order valence-corrected chi connectivity index (χ4v) is 2.48. The Kier molecular flexibility index (Phi) is 4.65. The maximum absolute atomic E-state index is 10.1. The van der Waals surface area contributed by atoms with Crippen molar-refractivity contribution in [3.05, 3.63) is 5.89 Å². The summed E-state index contributed by atoms with van der Waals surface area (Å²) in [6.45, 7) is 6.83. The van der Waals surface area contributed by atoms with E-state index in [1.54, 1.807) is 0 Å². The van der Waals surface area contributed by atoms with Gasteiger partial charge in [-0.3, -0.25) is 0 Å². The normalized spacial score (nSPS) is 23.9. The summed E-state index contributed by atoms with van der Waals surface area (Å²) in [5.41, 5.74) is 0.0140. The number of anilines is 1. The van der Waals surface area contributed by atoms with Crippen LogP contribution in [0.3, 0.4) is 0 Å². The van der Waals surface area contributed by atoms with Gasteiger partial charge in [0.15, 0.2) is 0 Å². The van der Waals surface area contributed by atoms with Crippen molar-refractivity contribution in [2.24, 2.45) is 0 Å². The first-order chi connectivity index (χ1) is 9.37. The number of aliphatic hydroxyl groups is 1. The maximum Gasteiger partial charge on any atom is 0.318 e. The van der Waals surface area contributed by atoms with Crippen LogP contribution in [0.15, 0.2) is 4.42 Å². The van der Waals surface area contributed by atoms with Crippen molar-refractivity contribution < 1.29 is 9.52 Å². The molecule has 0 spiro atoms. The Morgan fingerprint density at radius 2 is 2.00 bits per heavy atom. The number of nitrogens with one attached hydrogen (secondary N) is 1. The van der Waals surface area contributed by atoms with Gasteiger partial charge in [-0.25, -0.2) is 0 Å². The van der Waals surface area contributed by atoms with E-state index in [2.05, 4.69) is 36.3 Å². The maximum atomic E-state index is 10.1. The number of aliphatic hydroxyl groups excluding tert-OH is 1. The number of likely N-dealkylation sites (N-methyl/N-ethyl adjacent to an activating group) is 1. The van der Waals surface area contributed by atoms with Gasteiger partial charge in [0.1, 0.15) is 0 Å². The molecule has 0 aliphatic heterocycles. The van der Waals surface area contributed by atoms with Gasteiger partial charge in [0, 0.05) is 12.6 Å². The van der Waals surface area contributed by atoms with Crippen LogP contribution in [0.1, 0.15) is 52.3 Å². The van der Waals surface area contributed by atoms with Crippen LogP contribution in [0.25, 0.3) is 0 Å². The van der Waals surface area contributed by atoms with Crippen LogP contribution in [-0.4, -0.2) is 40.0 Å². The Morgan fingerprint density at radius 1 is 1.30 bits per heavy atom. The standard InChI is InChI=1S/C14H26N4O2/c1-14(2,3)15-9-12-16-17-13(20-12)18(4)10-7-5-6-8-11(10)19/h10-11,15,19H,5-9H2,1-4H3. The number of hydrogen-bond donors (Lipinski definition) is 2. The van der Waals surface area contributed by atoms with Crippen LogP contribution >= 0.6 is 0 Å². The summed E-state index contributed by atoms with van der Waals surface area (Å²) in [6.07, 6.45) is 3.74. The second kappa shape index (κ2) is 6.10. The molecule has 114 valence electrons. The van der Waals surface area contributed by atoms with E-state index in [9.17, 15) is 5.11 Å². The lowest BCUT2D eigenvalue weighted by Crippen LogP contribution is -2.43. The number of aromatic nitrogens is 2. The fourth-order valence-electron chi connectivity index (χ4n) is 2.48. The zero-order chi connectivity index (χ0) is 14.8. The molecule has 2 unspecified atom stereocenters. The molecule has 2 rings (SSSR count). The molecular formula is C14H26N4O2. The molecule has 1 aliphatic rings. The van der Waals surface area contributed by atoms with E-state index in [0.29, 0.717) is 18.5 Å². The van der Waals surface area contributed by atoms with Gasteiger partial charge >= 0.3 is 6.01 Å². The molecule has 20 heavy (non-hydrogen) atoms. The fraction of sp³-hybridized carbons (Fsp3) is 0.857. The second-order valence-electron chi connectivity index (χ2n) is 6.61. The van der Waals surface area contributed by atoms with Crippen LogP contribution < -0.4 is 10.2 Å².